The van der Waals surface area contributed by atoms with E-state index in [1.165, 1.54) is 0 Å². The smallest absolute Gasteiger partial charge is 0.306 e. The summed E-state index contributed by atoms with van der Waals surface area (Å²) in [5.74, 6) is -2.74. The molecule has 0 saturated heterocycles. The van der Waals surface area contributed by atoms with E-state index in [4.69, 9.17) is 25.5 Å². The van der Waals surface area contributed by atoms with Crippen molar-refractivity contribution < 1.29 is 35.1 Å². The van der Waals surface area contributed by atoms with Crippen molar-refractivity contribution in [3.8, 4) is 0 Å². The lowest BCUT2D eigenvalue weighted by atomic mass is 9.82. The molecule has 0 aliphatic carbocycles. The Morgan fingerprint density at radius 1 is 0.947 bits per heavy atom. The Hall–Kier alpha value is -1.18. The van der Waals surface area contributed by atoms with Crippen LogP contribution in [0.5, 0.6) is 0 Å². The minimum Gasteiger partial charge on any atom is -0.481 e. The van der Waals surface area contributed by atoms with E-state index in [0.29, 0.717) is 0 Å². The van der Waals surface area contributed by atoms with Crippen LogP contribution in [-0.2, 0) is 9.59 Å². The third-order valence-electron chi connectivity index (χ3n) is 3.32. The number of hydrogen-bond donors (Lipinski definition) is 5. The molecule has 0 aliphatic heterocycles. The van der Waals surface area contributed by atoms with Gasteiger partial charge >= 0.3 is 11.9 Å². The lowest BCUT2D eigenvalue weighted by Crippen LogP contribution is -2.35. The molecule has 0 aromatic carbocycles. The number of rotatable bonds is 11. The summed E-state index contributed by atoms with van der Waals surface area (Å²) in [7, 11) is 0. The summed E-state index contributed by atoms with van der Waals surface area (Å²) in [5, 5.41) is 44.9. The van der Waals surface area contributed by atoms with Crippen molar-refractivity contribution in [2.75, 3.05) is 19.8 Å². The summed E-state index contributed by atoms with van der Waals surface area (Å²) in [6.07, 6.45) is 0.739. The normalized spacial score (nSPS) is 13.2. The molecular formula is C12H22O7. The van der Waals surface area contributed by atoms with Gasteiger partial charge in [-0.25, -0.2) is 0 Å². The van der Waals surface area contributed by atoms with Crippen LogP contribution in [-0.4, -0.2) is 57.3 Å². The highest BCUT2D eigenvalue weighted by molar-refractivity contribution is 5.70. The summed E-state index contributed by atoms with van der Waals surface area (Å²) >= 11 is 0. The molecule has 0 rings (SSSR count). The molecule has 0 bridgehead atoms. The van der Waals surface area contributed by atoms with Gasteiger partial charge in [0.2, 0.25) is 0 Å². The van der Waals surface area contributed by atoms with Gasteiger partial charge in [0.1, 0.15) is 0 Å². The van der Waals surface area contributed by atoms with Crippen molar-refractivity contribution in [3.63, 3.8) is 0 Å². The second kappa shape index (κ2) is 8.84. The Kier molecular flexibility index (Phi) is 8.29. The molecule has 0 fully saturated rings. The Labute approximate surface area is 111 Å². The monoisotopic (exact) mass is 278 g/mol. The lowest BCUT2D eigenvalue weighted by Gasteiger charge is -2.28. The molecule has 0 aliphatic rings. The standard InChI is InChI=1S/C12H22O7/c13-6-12(7-14,8-15)5-4-9(11(18)19)2-1-3-10(16)17/h9,13-15H,1-8H2,(H,16,17)(H,18,19). The largest absolute Gasteiger partial charge is 0.481 e. The number of carboxylic acids is 2. The fourth-order valence-corrected chi connectivity index (χ4v) is 1.76. The molecule has 0 spiro atoms. The third kappa shape index (κ3) is 6.51. The van der Waals surface area contributed by atoms with E-state index >= 15 is 0 Å². The second-order valence-corrected chi connectivity index (χ2v) is 4.83. The second-order valence-electron chi connectivity index (χ2n) is 4.83. The van der Waals surface area contributed by atoms with Gasteiger partial charge in [0.15, 0.2) is 0 Å². The molecule has 19 heavy (non-hydrogen) atoms. The van der Waals surface area contributed by atoms with E-state index in [9.17, 15) is 9.59 Å². The minimum atomic E-state index is -1.08. The van der Waals surface area contributed by atoms with Crippen LogP contribution in [0, 0.1) is 11.3 Å². The van der Waals surface area contributed by atoms with Crippen molar-refractivity contribution in [2.45, 2.75) is 32.1 Å². The first-order valence-electron chi connectivity index (χ1n) is 6.18. The highest BCUT2D eigenvalue weighted by Gasteiger charge is 2.30. The summed E-state index contributed by atoms with van der Waals surface area (Å²) < 4.78 is 0. The van der Waals surface area contributed by atoms with Gasteiger partial charge in [-0.3, -0.25) is 9.59 Å². The van der Waals surface area contributed by atoms with Crippen LogP contribution in [0.3, 0.4) is 0 Å². The summed E-state index contributed by atoms with van der Waals surface area (Å²) in [4.78, 5) is 21.4. The zero-order valence-electron chi connectivity index (χ0n) is 10.8. The Morgan fingerprint density at radius 2 is 1.47 bits per heavy atom. The maximum Gasteiger partial charge on any atom is 0.306 e. The molecule has 0 aromatic rings. The first kappa shape index (κ1) is 17.8. The molecule has 7 heteroatoms. The number of carboxylic acid groups (broad SMARTS) is 2. The number of aliphatic hydroxyl groups excluding tert-OH is 3. The van der Waals surface area contributed by atoms with Crippen LogP contribution in [0.15, 0.2) is 0 Å². The van der Waals surface area contributed by atoms with E-state index in [1.54, 1.807) is 0 Å². The fourth-order valence-electron chi connectivity index (χ4n) is 1.76. The van der Waals surface area contributed by atoms with E-state index in [2.05, 4.69) is 0 Å². The van der Waals surface area contributed by atoms with Crippen LogP contribution >= 0.6 is 0 Å². The maximum atomic E-state index is 11.0. The lowest BCUT2D eigenvalue weighted by molar-refractivity contribution is -0.143. The minimum absolute atomic E-state index is 0.0884. The molecule has 0 amide bonds. The van der Waals surface area contributed by atoms with E-state index in [-0.39, 0.29) is 32.1 Å². The number of aliphatic carboxylic acids is 2. The van der Waals surface area contributed by atoms with Gasteiger partial charge in [0.05, 0.1) is 25.7 Å². The molecule has 0 heterocycles. The molecule has 5 N–H and O–H groups in total. The van der Waals surface area contributed by atoms with Crippen LogP contribution < -0.4 is 0 Å². The van der Waals surface area contributed by atoms with Gasteiger partial charge in [0, 0.05) is 11.8 Å². The van der Waals surface area contributed by atoms with Gasteiger partial charge in [-0.05, 0) is 25.7 Å². The van der Waals surface area contributed by atoms with Crippen LogP contribution in [0.4, 0.5) is 0 Å². The van der Waals surface area contributed by atoms with E-state index < -0.39 is 43.1 Å². The van der Waals surface area contributed by atoms with E-state index in [1.807, 2.05) is 0 Å². The number of aliphatic hydroxyl groups is 3. The zero-order valence-corrected chi connectivity index (χ0v) is 10.8. The fraction of sp³-hybridized carbons (Fsp3) is 0.833. The maximum absolute atomic E-state index is 11.0. The van der Waals surface area contributed by atoms with Gasteiger partial charge < -0.3 is 25.5 Å². The van der Waals surface area contributed by atoms with E-state index in [0.717, 1.165) is 0 Å². The first-order chi connectivity index (χ1) is 8.90. The predicted octanol–water partition coefficient (Wildman–Crippen LogP) is -0.314. The van der Waals surface area contributed by atoms with Crippen molar-refractivity contribution in [1.29, 1.82) is 0 Å². The number of hydrogen-bond acceptors (Lipinski definition) is 5. The highest BCUT2D eigenvalue weighted by atomic mass is 16.4. The topological polar surface area (TPSA) is 135 Å². The molecular weight excluding hydrogens is 256 g/mol. The number of carbonyl (C=O) groups is 2. The van der Waals surface area contributed by atoms with Crippen LogP contribution in [0.25, 0.3) is 0 Å². The van der Waals surface area contributed by atoms with Gasteiger partial charge in [-0.1, -0.05) is 0 Å². The zero-order chi connectivity index (χ0) is 14.9. The summed E-state index contributed by atoms with van der Waals surface area (Å²) in [6, 6.07) is 0. The quantitative estimate of drug-likeness (QED) is 0.349. The molecule has 0 aromatic heterocycles. The third-order valence-corrected chi connectivity index (χ3v) is 3.32. The summed E-state index contributed by atoms with van der Waals surface area (Å²) in [5.41, 5.74) is -1.08. The van der Waals surface area contributed by atoms with Gasteiger partial charge in [0.25, 0.3) is 0 Å². The van der Waals surface area contributed by atoms with Crippen LogP contribution in [0.1, 0.15) is 32.1 Å². The molecule has 0 saturated carbocycles. The van der Waals surface area contributed by atoms with Crippen molar-refractivity contribution in [2.24, 2.45) is 11.3 Å². The average Bonchev–Trinajstić information content (AvgIpc) is 2.38. The highest BCUT2D eigenvalue weighted by Crippen LogP contribution is 2.26. The summed E-state index contributed by atoms with van der Waals surface area (Å²) in [6.45, 7) is -1.29. The predicted molar refractivity (Wildman–Crippen MR) is 65.5 cm³/mol. The van der Waals surface area contributed by atoms with Crippen molar-refractivity contribution in [3.05, 3.63) is 0 Å². The molecule has 1 atom stereocenters. The van der Waals surface area contributed by atoms with Crippen LogP contribution in [0.2, 0.25) is 0 Å². The molecule has 112 valence electrons. The Morgan fingerprint density at radius 3 is 1.84 bits per heavy atom. The molecule has 7 nitrogen and oxygen atoms in total. The molecule has 0 radical (unpaired) electrons. The van der Waals surface area contributed by atoms with Gasteiger partial charge in [-0.2, -0.15) is 0 Å². The van der Waals surface area contributed by atoms with Gasteiger partial charge in [-0.15, -0.1) is 0 Å². The first-order valence-corrected chi connectivity index (χ1v) is 6.18. The SMILES string of the molecule is O=C(O)CCCC(CCC(CO)(CO)CO)C(=O)O. The molecule has 1 unspecified atom stereocenters. The Balaban J connectivity index is 4.34. The average molecular weight is 278 g/mol. The van der Waals surface area contributed by atoms with Crippen molar-refractivity contribution >= 4 is 11.9 Å². The van der Waals surface area contributed by atoms with Crippen molar-refractivity contribution in [1.82, 2.24) is 0 Å². The Bertz CT molecular complexity index is 278.